The lowest BCUT2D eigenvalue weighted by Gasteiger charge is -2.14. The van der Waals surface area contributed by atoms with E-state index in [1.54, 1.807) is 13.2 Å². The van der Waals surface area contributed by atoms with Crippen LogP contribution < -0.4 is 20.1 Å². The highest BCUT2D eigenvalue weighted by atomic mass is 35.5. The van der Waals surface area contributed by atoms with Gasteiger partial charge in [-0.15, -0.1) is 0 Å². The molecule has 0 aliphatic heterocycles. The number of carbonyl (C=O) groups is 1. The van der Waals surface area contributed by atoms with Gasteiger partial charge >= 0.3 is 0 Å². The number of halogens is 1. The third-order valence-corrected chi connectivity index (χ3v) is 4.02. The maximum Gasteiger partial charge on any atom is 0.226 e. The predicted molar refractivity (Wildman–Crippen MR) is 102 cm³/mol. The Balaban J connectivity index is 1.92. The summed E-state index contributed by atoms with van der Waals surface area (Å²) in [4.78, 5) is 12.2. The molecule has 2 aromatic carbocycles. The summed E-state index contributed by atoms with van der Waals surface area (Å²) in [6, 6.07) is 11.1. The minimum absolute atomic E-state index is 0.0932. The number of carbonyl (C=O) groups excluding carboxylic acids is 1. The minimum atomic E-state index is -0.0932. The molecule has 0 unspecified atom stereocenters. The van der Waals surface area contributed by atoms with Crippen molar-refractivity contribution in [3.8, 4) is 11.5 Å². The fourth-order valence-corrected chi connectivity index (χ4v) is 2.50. The highest BCUT2D eigenvalue weighted by molar-refractivity contribution is 6.31. The molecule has 0 heterocycles. The van der Waals surface area contributed by atoms with Crippen LogP contribution in [0.3, 0.4) is 0 Å². The zero-order valence-corrected chi connectivity index (χ0v) is 15.4. The number of hydrogen-bond acceptors (Lipinski definition) is 4. The molecule has 0 aliphatic rings. The summed E-state index contributed by atoms with van der Waals surface area (Å²) < 4.78 is 10.8. The molecule has 5 nitrogen and oxygen atoms in total. The van der Waals surface area contributed by atoms with E-state index in [4.69, 9.17) is 21.1 Å². The summed E-state index contributed by atoms with van der Waals surface area (Å²) in [5.41, 5.74) is 2.43. The number of ether oxygens (including phenoxy) is 2. The van der Waals surface area contributed by atoms with Crippen LogP contribution in [-0.2, 0) is 4.79 Å². The first-order valence-electron chi connectivity index (χ1n) is 8.14. The standard InChI is InChI=1S/C19H23ClN2O3/c1-4-25-17-8-6-5-7-15(17)22-19(23)9-10-21-16-11-13(2)14(20)12-18(16)24-3/h5-8,11-12,21H,4,9-10H2,1-3H3,(H,22,23). The molecule has 6 heteroatoms. The van der Waals surface area contributed by atoms with Crippen LogP contribution >= 0.6 is 11.6 Å². The number of amides is 1. The first kappa shape index (κ1) is 18.9. The predicted octanol–water partition coefficient (Wildman–Crippen LogP) is 4.50. The smallest absolute Gasteiger partial charge is 0.226 e. The zero-order valence-electron chi connectivity index (χ0n) is 14.7. The van der Waals surface area contributed by atoms with Gasteiger partial charge in [0.15, 0.2) is 0 Å². The summed E-state index contributed by atoms with van der Waals surface area (Å²) in [5.74, 6) is 1.23. The van der Waals surface area contributed by atoms with Crippen LogP contribution in [0.4, 0.5) is 11.4 Å². The number of aryl methyl sites for hydroxylation is 1. The van der Waals surface area contributed by atoms with Gasteiger partial charge in [0.1, 0.15) is 11.5 Å². The summed E-state index contributed by atoms with van der Waals surface area (Å²) in [6.07, 6.45) is 0.311. The van der Waals surface area contributed by atoms with Gasteiger partial charge in [0.2, 0.25) is 5.91 Å². The Bertz CT molecular complexity index is 735. The molecule has 0 bridgehead atoms. The van der Waals surface area contributed by atoms with Crippen LogP contribution in [0.25, 0.3) is 0 Å². The fraction of sp³-hybridized carbons (Fsp3) is 0.316. The van der Waals surface area contributed by atoms with E-state index in [0.717, 1.165) is 11.3 Å². The molecule has 0 saturated heterocycles. The highest BCUT2D eigenvalue weighted by Crippen LogP contribution is 2.31. The lowest BCUT2D eigenvalue weighted by molar-refractivity contribution is -0.116. The van der Waals surface area contributed by atoms with Gasteiger partial charge in [-0.1, -0.05) is 23.7 Å². The number of rotatable bonds is 8. The van der Waals surface area contributed by atoms with Crippen molar-refractivity contribution in [2.45, 2.75) is 20.3 Å². The lowest BCUT2D eigenvalue weighted by Crippen LogP contribution is -2.17. The normalized spacial score (nSPS) is 10.2. The second-order valence-corrected chi connectivity index (χ2v) is 5.86. The third kappa shape index (κ3) is 5.29. The summed E-state index contributed by atoms with van der Waals surface area (Å²) >= 11 is 6.10. The number of benzene rings is 2. The fourth-order valence-electron chi connectivity index (χ4n) is 2.34. The lowest BCUT2D eigenvalue weighted by atomic mass is 10.2. The molecular weight excluding hydrogens is 340 g/mol. The van der Waals surface area contributed by atoms with E-state index in [9.17, 15) is 4.79 Å². The second kappa shape index (κ2) is 9.18. The van der Waals surface area contributed by atoms with Crippen molar-refractivity contribution in [3.05, 3.63) is 47.0 Å². The molecule has 0 fully saturated rings. The molecule has 0 radical (unpaired) electrons. The minimum Gasteiger partial charge on any atom is -0.495 e. The first-order valence-corrected chi connectivity index (χ1v) is 8.52. The van der Waals surface area contributed by atoms with E-state index < -0.39 is 0 Å². The van der Waals surface area contributed by atoms with Gasteiger partial charge < -0.3 is 20.1 Å². The van der Waals surface area contributed by atoms with Crippen molar-refractivity contribution in [1.29, 1.82) is 0 Å². The Morgan fingerprint density at radius 2 is 1.92 bits per heavy atom. The Morgan fingerprint density at radius 3 is 2.64 bits per heavy atom. The van der Waals surface area contributed by atoms with Gasteiger partial charge in [-0.05, 0) is 37.6 Å². The molecule has 1 amide bonds. The summed E-state index contributed by atoms with van der Waals surface area (Å²) in [6.45, 7) is 4.85. The third-order valence-electron chi connectivity index (χ3n) is 3.61. The molecule has 134 valence electrons. The molecule has 0 spiro atoms. The van der Waals surface area contributed by atoms with Gasteiger partial charge in [-0.3, -0.25) is 4.79 Å². The van der Waals surface area contributed by atoms with Crippen molar-refractivity contribution < 1.29 is 14.3 Å². The van der Waals surface area contributed by atoms with Crippen LogP contribution in [-0.4, -0.2) is 26.2 Å². The number of hydrogen-bond donors (Lipinski definition) is 2. The van der Waals surface area contributed by atoms with E-state index in [0.29, 0.717) is 41.8 Å². The maximum atomic E-state index is 12.2. The molecule has 2 aromatic rings. The van der Waals surface area contributed by atoms with Gasteiger partial charge in [0, 0.05) is 24.1 Å². The Kier molecular flexibility index (Phi) is 6.95. The topological polar surface area (TPSA) is 59.6 Å². The Labute approximate surface area is 153 Å². The molecule has 0 saturated carbocycles. The molecule has 25 heavy (non-hydrogen) atoms. The average molecular weight is 363 g/mol. The van der Waals surface area contributed by atoms with Crippen LogP contribution in [0.1, 0.15) is 18.9 Å². The van der Waals surface area contributed by atoms with E-state index in [1.165, 1.54) is 0 Å². The zero-order chi connectivity index (χ0) is 18.2. The summed E-state index contributed by atoms with van der Waals surface area (Å²) in [5, 5.41) is 6.73. The highest BCUT2D eigenvalue weighted by Gasteiger charge is 2.09. The molecule has 0 aliphatic carbocycles. The van der Waals surface area contributed by atoms with Crippen LogP contribution in [0.2, 0.25) is 5.02 Å². The number of nitrogens with one attached hydrogen (secondary N) is 2. The van der Waals surface area contributed by atoms with E-state index in [2.05, 4.69) is 10.6 Å². The van der Waals surface area contributed by atoms with Crippen molar-refractivity contribution >= 4 is 28.9 Å². The van der Waals surface area contributed by atoms with Gasteiger partial charge in [0.25, 0.3) is 0 Å². The largest absolute Gasteiger partial charge is 0.495 e. The molecular formula is C19H23ClN2O3. The van der Waals surface area contributed by atoms with Crippen LogP contribution in [0, 0.1) is 6.92 Å². The van der Waals surface area contributed by atoms with Gasteiger partial charge in [0.05, 0.1) is 25.1 Å². The molecule has 2 rings (SSSR count). The first-order chi connectivity index (χ1) is 12.0. The SMILES string of the molecule is CCOc1ccccc1NC(=O)CCNc1cc(C)c(Cl)cc1OC. The van der Waals surface area contributed by atoms with Crippen LogP contribution in [0.15, 0.2) is 36.4 Å². The Hall–Kier alpha value is -2.40. The average Bonchev–Trinajstić information content (AvgIpc) is 2.59. The van der Waals surface area contributed by atoms with Crippen molar-refractivity contribution in [2.24, 2.45) is 0 Å². The molecule has 0 atom stereocenters. The molecule has 2 N–H and O–H groups in total. The van der Waals surface area contributed by atoms with Crippen molar-refractivity contribution in [2.75, 3.05) is 30.9 Å². The second-order valence-electron chi connectivity index (χ2n) is 5.46. The van der Waals surface area contributed by atoms with Gasteiger partial charge in [-0.25, -0.2) is 0 Å². The number of para-hydroxylation sites is 2. The molecule has 0 aromatic heterocycles. The van der Waals surface area contributed by atoms with Crippen LogP contribution in [0.5, 0.6) is 11.5 Å². The maximum absolute atomic E-state index is 12.2. The van der Waals surface area contributed by atoms with Gasteiger partial charge in [-0.2, -0.15) is 0 Å². The number of methoxy groups -OCH3 is 1. The summed E-state index contributed by atoms with van der Waals surface area (Å²) in [7, 11) is 1.59. The van der Waals surface area contributed by atoms with Crippen molar-refractivity contribution in [1.82, 2.24) is 0 Å². The van der Waals surface area contributed by atoms with E-state index in [1.807, 2.05) is 44.2 Å². The Morgan fingerprint density at radius 1 is 1.16 bits per heavy atom. The quantitative estimate of drug-likeness (QED) is 0.726. The van der Waals surface area contributed by atoms with Crippen molar-refractivity contribution in [3.63, 3.8) is 0 Å². The van der Waals surface area contributed by atoms with E-state index in [-0.39, 0.29) is 5.91 Å². The van der Waals surface area contributed by atoms with E-state index >= 15 is 0 Å². The monoisotopic (exact) mass is 362 g/mol. The number of anilines is 2.